The van der Waals surface area contributed by atoms with Gasteiger partial charge in [0.25, 0.3) is 5.91 Å². The third kappa shape index (κ3) is 5.06. The molecular formula is C16H26N5O6P. The van der Waals surface area contributed by atoms with E-state index in [1.807, 2.05) is 0 Å². The molecule has 156 valence electrons. The van der Waals surface area contributed by atoms with E-state index in [1.165, 1.54) is 6.20 Å². The second kappa shape index (κ2) is 9.44. The maximum Gasteiger partial charge on any atom is 0.356 e. The van der Waals surface area contributed by atoms with Gasteiger partial charge in [-0.05, 0) is 20.8 Å². The van der Waals surface area contributed by atoms with E-state index in [9.17, 15) is 14.5 Å². The predicted octanol–water partition coefficient (Wildman–Crippen LogP) is 1.02. The van der Waals surface area contributed by atoms with Crippen LogP contribution >= 0.6 is 7.60 Å². The summed E-state index contributed by atoms with van der Waals surface area (Å²) in [6.45, 7) is 5.18. The van der Waals surface area contributed by atoms with Crippen LogP contribution in [-0.4, -0.2) is 57.8 Å². The number of aryl methyl sites for hydroxylation is 1. The van der Waals surface area contributed by atoms with Gasteiger partial charge in [-0.25, -0.2) is 9.97 Å². The lowest BCUT2D eigenvalue weighted by Gasteiger charge is -2.21. The van der Waals surface area contributed by atoms with Gasteiger partial charge in [-0.1, -0.05) is 0 Å². The van der Waals surface area contributed by atoms with Crippen molar-refractivity contribution < 1.29 is 28.3 Å². The van der Waals surface area contributed by atoms with E-state index >= 15 is 0 Å². The SMILES string of the molecule is CCOP(=O)(COC(CO)Cn1cc(C(N)=O)c2c(N)nc(C)nc21)OCC. The molecule has 0 bridgehead atoms. The molecule has 0 saturated heterocycles. The molecule has 0 aromatic carbocycles. The molecule has 0 fully saturated rings. The molecular weight excluding hydrogens is 389 g/mol. The number of anilines is 1. The summed E-state index contributed by atoms with van der Waals surface area (Å²) >= 11 is 0. The zero-order valence-electron chi connectivity index (χ0n) is 16.1. The van der Waals surface area contributed by atoms with Crippen LogP contribution in [0, 0.1) is 6.92 Å². The fourth-order valence-electron chi connectivity index (χ4n) is 2.74. The minimum atomic E-state index is -3.43. The average molecular weight is 415 g/mol. The number of nitrogens with two attached hydrogens (primary N) is 2. The highest BCUT2D eigenvalue weighted by Crippen LogP contribution is 2.48. The fourth-order valence-corrected chi connectivity index (χ4v) is 4.14. The summed E-state index contributed by atoms with van der Waals surface area (Å²) in [4.78, 5) is 20.1. The number of rotatable bonds is 11. The number of nitrogen functional groups attached to an aromatic ring is 1. The van der Waals surface area contributed by atoms with E-state index in [0.717, 1.165) is 0 Å². The van der Waals surface area contributed by atoms with Crippen molar-refractivity contribution >= 4 is 30.4 Å². The molecule has 2 aromatic rings. The smallest absolute Gasteiger partial charge is 0.356 e. The zero-order valence-corrected chi connectivity index (χ0v) is 17.0. The van der Waals surface area contributed by atoms with Crippen molar-refractivity contribution in [2.75, 3.05) is 31.9 Å². The van der Waals surface area contributed by atoms with Crippen LogP contribution in [0.3, 0.4) is 0 Å². The minimum Gasteiger partial charge on any atom is -0.394 e. The Morgan fingerprint density at radius 1 is 1.32 bits per heavy atom. The van der Waals surface area contributed by atoms with Crippen molar-refractivity contribution in [3.8, 4) is 0 Å². The molecule has 1 amide bonds. The van der Waals surface area contributed by atoms with E-state index in [0.29, 0.717) is 16.9 Å². The number of amides is 1. The van der Waals surface area contributed by atoms with Crippen molar-refractivity contribution in [1.29, 1.82) is 0 Å². The first-order valence-corrected chi connectivity index (χ1v) is 10.5. The van der Waals surface area contributed by atoms with Crippen LogP contribution in [0.2, 0.25) is 0 Å². The van der Waals surface area contributed by atoms with Gasteiger partial charge in [0.1, 0.15) is 23.6 Å². The van der Waals surface area contributed by atoms with Crippen LogP contribution in [-0.2, 0) is 24.9 Å². The molecule has 5 N–H and O–H groups in total. The highest BCUT2D eigenvalue weighted by Gasteiger charge is 2.27. The lowest BCUT2D eigenvalue weighted by molar-refractivity contribution is 0.0161. The van der Waals surface area contributed by atoms with Crippen LogP contribution in [0.25, 0.3) is 11.0 Å². The quantitative estimate of drug-likeness (QED) is 0.454. The largest absolute Gasteiger partial charge is 0.394 e. The summed E-state index contributed by atoms with van der Waals surface area (Å²) in [6, 6.07) is 0. The molecule has 0 spiro atoms. The Morgan fingerprint density at radius 3 is 2.50 bits per heavy atom. The van der Waals surface area contributed by atoms with E-state index in [2.05, 4.69) is 9.97 Å². The molecule has 0 saturated carbocycles. The third-order valence-electron chi connectivity index (χ3n) is 3.85. The van der Waals surface area contributed by atoms with Gasteiger partial charge in [0.15, 0.2) is 0 Å². The number of primary amides is 1. The van der Waals surface area contributed by atoms with E-state index in [4.69, 9.17) is 25.3 Å². The third-order valence-corrected chi connectivity index (χ3v) is 5.61. The average Bonchev–Trinajstić information content (AvgIpc) is 2.98. The Kier molecular flexibility index (Phi) is 7.50. The number of fused-ring (bicyclic) bond motifs is 1. The number of nitrogens with zero attached hydrogens (tertiary/aromatic N) is 3. The number of aliphatic hydroxyl groups excluding tert-OH is 1. The Hall–Kier alpha value is -2.04. The summed E-state index contributed by atoms with van der Waals surface area (Å²) < 4.78 is 30.0. The van der Waals surface area contributed by atoms with Crippen molar-refractivity contribution in [3.05, 3.63) is 17.6 Å². The van der Waals surface area contributed by atoms with E-state index in [1.54, 1.807) is 25.3 Å². The molecule has 2 aromatic heterocycles. The second-order valence-corrected chi connectivity index (χ2v) is 7.96. The fraction of sp³-hybridized carbons (Fsp3) is 0.562. The number of aliphatic hydroxyl groups is 1. The summed E-state index contributed by atoms with van der Waals surface area (Å²) in [5, 5.41) is 10.0. The van der Waals surface area contributed by atoms with Crippen molar-refractivity contribution in [2.24, 2.45) is 5.73 Å². The van der Waals surface area contributed by atoms with Gasteiger partial charge in [-0.15, -0.1) is 0 Å². The van der Waals surface area contributed by atoms with Crippen molar-refractivity contribution in [1.82, 2.24) is 14.5 Å². The van der Waals surface area contributed by atoms with Crippen LogP contribution in [0.5, 0.6) is 0 Å². The van der Waals surface area contributed by atoms with Gasteiger partial charge in [0.2, 0.25) is 0 Å². The van der Waals surface area contributed by atoms with Crippen molar-refractivity contribution in [2.45, 2.75) is 33.4 Å². The Balaban J connectivity index is 2.28. The van der Waals surface area contributed by atoms with Gasteiger partial charge >= 0.3 is 7.60 Å². The molecule has 28 heavy (non-hydrogen) atoms. The molecule has 0 radical (unpaired) electrons. The lowest BCUT2D eigenvalue weighted by Crippen LogP contribution is -2.25. The number of hydrogen-bond acceptors (Lipinski definition) is 9. The minimum absolute atomic E-state index is 0.106. The molecule has 1 atom stereocenters. The van der Waals surface area contributed by atoms with Gasteiger partial charge in [-0.2, -0.15) is 0 Å². The summed E-state index contributed by atoms with van der Waals surface area (Å²) in [7, 11) is -3.43. The summed E-state index contributed by atoms with van der Waals surface area (Å²) in [6.07, 6.45) is 0.397. The van der Waals surface area contributed by atoms with Gasteiger partial charge in [0.05, 0.1) is 43.4 Å². The van der Waals surface area contributed by atoms with Crippen LogP contribution in [0.4, 0.5) is 5.82 Å². The molecule has 11 nitrogen and oxygen atoms in total. The first-order valence-electron chi connectivity index (χ1n) is 8.78. The molecule has 0 aliphatic heterocycles. The summed E-state index contributed by atoms with van der Waals surface area (Å²) in [5.41, 5.74) is 11.9. The highest BCUT2D eigenvalue weighted by atomic mass is 31.2. The molecule has 12 heteroatoms. The maximum atomic E-state index is 12.5. The number of carbonyl (C=O) groups is 1. The predicted molar refractivity (Wildman–Crippen MR) is 103 cm³/mol. The maximum absolute atomic E-state index is 12.5. The topological polar surface area (TPSA) is 165 Å². The van der Waals surface area contributed by atoms with E-state index < -0.39 is 19.6 Å². The lowest BCUT2D eigenvalue weighted by atomic mass is 10.2. The number of hydrogen-bond donors (Lipinski definition) is 3. The van der Waals surface area contributed by atoms with Crippen molar-refractivity contribution in [3.63, 3.8) is 0 Å². The Morgan fingerprint density at radius 2 is 1.96 bits per heavy atom. The number of carbonyl (C=O) groups excluding carboxylic acids is 1. The van der Waals surface area contributed by atoms with Crippen LogP contribution in [0.15, 0.2) is 6.20 Å². The first-order chi connectivity index (χ1) is 13.2. The molecule has 2 heterocycles. The van der Waals surface area contributed by atoms with E-state index in [-0.39, 0.29) is 44.1 Å². The highest BCUT2D eigenvalue weighted by molar-refractivity contribution is 7.53. The Bertz CT molecular complexity index is 876. The standard InChI is InChI=1S/C16H26N5O6P/c1-4-26-28(24,27-5-2)9-25-11(8-22)6-21-7-12(15(18)23)13-14(17)19-10(3)20-16(13)21/h7,11,22H,4-6,8-9H2,1-3H3,(H2,18,23)(H2,17,19,20). The second-order valence-electron chi connectivity index (χ2n) is 5.96. The molecule has 1 unspecified atom stereocenters. The monoisotopic (exact) mass is 415 g/mol. The van der Waals surface area contributed by atoms with Gasteiger partial charge in [-0.3, -0.25) is 9.36 Å². The van der Waals surface area contributed by atoms with Crippen LogP contribution < -0.4 is 11.5 Å². The molecule has 0 aliphatic rings. The number of ether oxygens (including phenoxy) is 1. The molecule has 0 aliphatic carbocycles. The van der Waals surface area contributed by atoms with Gasteiger partial charge < -0.3 is 34.9 Å². The number of aromatic nitrogens is 3. The molecule has 2 rings (SSSR count). The normalized spacial score (nSPS) is 13.1. The Labute approximate surface area is 162 Å². The first kappa shape index (κ1) is 22.3. The summed E-state index contributed by atoms with van der Waals surface area (Å²) in [5.74, 6) is -0.130. The zero-order chi connectivity index (χ0) is 20.9. The van der Waals surface area contributed by atoms with Crippen LogP contribution in [0.1, 0.15) is 30.0 Å². The van der Waals surface area contributed by atoms with Gasteiger partial charge in [0, 0.05) is 6.20 Å².